The second kappa shape index (κ2) is 6.46. The molecule has 0 bridgehead atoms. The van der Waals surface area contributed by atoms with Gasteiger partial charge in [-0.05, 0) is 12.1 Å². The predicted molar refractivity (Wildman–Crippen MR) is 71.2 cm³/mol. The van der Waals surface area contributed by atoms with Gasteiger partial charge in [0.2, 0.25) is 5.91 Å². The number of hydrogen-bond donors (Lipinski definition) is 2. The molecular weight excluding hydrogens is 317 g/mol. The monoisotopic (exact) mass is 328 g/mol. The normalized spacial score (nSPS) is 11.3. The number of halogens is 3. The summed E-state index contributed by atoms with van der Waals surface area (Å²) in [5.74, 6) is -2.95. The Morgan fingerprint density at radius 3 is 2.57 bits per heavy atom. The van der Waals surface area contributed by atoms with Gasteiger partial charge < -0.3 is 15.6 Å². The Bertz CT molecular complexity index is 727. The summed E-state index contributed by atoms with van der Waals surface area (Å²) in [7, 11) is 0. The van der Waals surface area contributed by atoms with Crippen LogP contribution in [0.5, 0.6) is 0 Å². The Hall–Kier alpha value is -2.91. The maximum absolute atomic E-state index is 12.3. The topological polar surface area (TPSA) is 111 Å². The zero-order valence-electron chi connectivity index (χ0n) is 11.6. The quantitative estimate of drug-likeness (QED) is 0.869. The molecule has 3 N–H and O–H groups in total. The van der Waals surface area contributed by atoms with Crippen LogP contribution in [-0.4, -0.2) is 22.0 Å². The zero-order valence-corrected chi connectivity index (χ0v) is 11.6. The minimum Gasteiger partial charge on any atom is -0.366 e. The minimum atomic E-state index is -4.73. The number of alkyl halides is 3. The van der Waals surface area contributed by atoms with Gasteiger partial charge in [-0.3, -0.25) is 9.59 Å². The van der Waals surface area contributed by atoms with Crippen molar-refractivity contribution in [2.45, 2.75) is 19.0 Å². The van der Waals surface area contributed by atoms with E-state index in [1.165, 1.54) is 12.1 Å². The van der Waals surface area contributed by atoms with E-state index in [-0.39, 0.29) is 29.9 Å². The van der Waals surface area contributed by atoms with Crippen LogP contribution in [-0.2, 0) is 17.4 Å². The number of benzene rings is 1. The molecule has 10 heteroatoms. The molecule has 0 atom stereocenters. The van der Waals surface area contributed by atoms with Crippen LogP contribution >= 0.6 is 0 Å². The van der Waals surface area contributed by atoms with Gasteiger partial charge in [0.1, 0.15) is 0 Å². The lowest BCUT2D eigenvalue weighted by Gasteiger charge is -2.07. The summed E-state index contributed by atoms with van der Waals surface area (Å²) in [6.07, 6.45) is -5.07. The predicted octanol–water partition coefficient (Wildman–Crippen LogP) is 1.76. The van der Waals surface area contributed by atoms with E-state index < -0.39 is 23.9 Å². The van der Waals surface area contributed by atoms with Gasteiger partial charge in [-0.1, -0.05) is 17.3 Å². The van der Waals surface area contributed by atoms with E-state index >= 15 is 0 Å². The van der Waals surface area contributed by atoms with Gasteiger partial charge in [-0.15, -0.1) is 0 Å². The number of amides is 2. The summed E-state index contributed by atoms with van der Waals surface area (Å²) in [4.78, 5) is 26.2. The Morgan fingerprint density at radius 1 is 1.26 bits per heavy atom. The van der Waals surface area contributed by atoms with Crippen LogP contribution < -0.4 is 11.1 Å². The number of nitrogens with two attached hydrogens (primary N) is 1. The molecule has 0 saturated heterocycles. The van der Waals surface area contributed by atoms with Gasteiger partial charge in [0.25, 0.3) is 5.91 Å². The molecule has 2 amide bonds. The number of aryl methyl sites for hydroxylation is 1. The molecule has 7 nitrogen and oxygen atoms in total. The molecule has 0 radical (unpaired) electrons. The van der Waals surface area contributed by atoms with Crippen molar-refractivity contribution in [3.63, 3.8) is 0 Å². The lowest BCUT2D eigenvalue weighted by atomic mass is 10.1. The molecule has 2 rings (SSSR count). The Balaban J connectivity index is 1.96. The second-order valence-corrected chi connectivity index (χ2v) is 4.47. The SMILES string of the molecule is NC(=O)c1ccccc1NC(=O)CCc1noc(C(F)(F)F)n1. The number of carbonyl (C=O) groups is 2. The number of hydrogen-bond acceptors (Lipinski definition) is 5. The molecule has 0 fully saturated rings. The highest BCUT2D eigenvalue weighted by Crippen LogP contribution is 2.27. The number of nitrogens with zero attached hydrogens (tertiary/aromatic N) is 2. The van der Waals surface area contributed by atoms with Gasteiger partial charge >= 0.3 is 12.1 Å². The Morgan fingerprint density at radius 2 is 1.96 bits per heavy atom. The third-order valence-electron chi connectivity index (χ3n) is 2.75. The molecule has 2 aromatic rings. The van der Waals surface area contributed by atoms with Crippen molar-refractivity contribution in [1.29, 1.82) is 0 Å². The van der Waals surface area contributed by atoms with Gasteiger partial charge in [0, 0.05) is 12.8 Å². The fraction of sp³-hybridized carbons (Fsp3) is 0.231. The summed E-state index contributed by atoms with van der Waals surface area (Å²) in [6.45, 7) is 0. The van der Waals surface area contributed by atoms with Crippen LogP contribution in [0, 0.1) is 0 Å². The molecule has 1 heterocycles. The molecule has 0 aliphatic rings. The van der Waals surface area contributed by atoms with Crippen molar-refractivity contribution in [2.24, 2.45) is 5.73 Å². The van der Waals surface area contributed by atoms with Gasteiger partial charge in [-0.2, -0.15) is 18.2 Å². The lowest BCUT2D eigenvalue weighted by Crippen LogP contribution is -2.18. The fourth-order valence-electron chi connectivity index (χ4n) is 1.72. The van der Waals surface area contributed by atoms with Crippen LogP contribution in [0.1, 0.15) is 28.5 Å². The number of nitrogens with one attached hydrogen (secondary N) is 1. The maximum atomic E-state index is 12.3. The van der Waals surface area contributed by atoms with E-state index in [4.69, 9.17) is 5.73 Å². The van der Waals surface area contributed by atoms with E-state index in [0.29, 0.717) is 0 Å². The molecule has 23 heavy (non-hydrogen) atoms. The van der Waals surface area contributed by atoms with E-state index in [1.54, 1.807) is 12.1 Å². The van der Waals surface area contributed by atoms with Crippen LogP contribution in [0.2, 0.25) is 0 Å². The molecule has 1 aromatic heterocycles. The standard InChI is InChI=1S/C13H11F3N4O3/c14-13(15,16)12-19-9(20-23-12)5-6-10(21)18-8-4-2-1-3-7(8)11(17)22/h1-4H,5-6H2,(H2,17,22)(H,18,21). The lowest BCUT2D eigenvalue weighted by molar-refractivity contribution is -0.159. The van der Waals surface area contributed by atoms with Gasteiger partial charge in [0.05, 0.1) is 11.3 Å². The molecule has 1 aromatic carbocycles. The number of anilines is 1. The van der Waals surface area contributed by atoms with Crippen molar-refractivity contribution in [2.75, 3.05) is 5.32 Å². The summed E-state index contributed by atoms with van der Waals surface area (Å²) in [6, 6.07) is 6.09. The van der Waals surface area contributed by atoms with E-state index in [9.17, 15) is 22.8 Å². The summed E-state index contributed by atoms with van der Waals surface area (Å²) in [5.41, 5.74) is 5.51. The van der Waals surface area contributed by atoms with Crippen LogP contribution in [0.3, 0.4) is 0 Å². The highest BCUT2D eigenvalue weighted by Gasteiger charge is 2.38. The Labute approximate surface area is 127 Å². The van der Waals surface area contributed by atoms with Crippen LogP contribution in [0.4, 0.5) is 18.9 Å². The first kappa shape index (κ1) is 16.5. The zero-order chi connectivity index (χ0) is 17.0. The van der Waals surface area contributed by atoms with Crippen molar-refractivity contribution in [1.82, 2.24) is 10.1 Å². The third-order valence-corrected chi connectivity index (χ3v) is 2.75. The smallest absolute Gasteiger partial charge is 0.366 e. The Kier molecular flexibility index (Phi) is 4.63. The van der Waals surface area contributed by atoms with Crippen molar-refractivity contribution in [3.8, 4) is 0 Å². The summed E-state index contributed by atoms with van der Waals surface area (Å²) >= 11 is 0. The molecule has 0 spiro atoms. The average molecular weight is 328 g/mol. The molecular formula is C13H11F3N4O3. The summed E-state index contributed by atoms with van der Waals surface area (Å²) < 4.78 is 40.9. The van der Waals surface area contributed by atoms with Crippen molar-refractivity contribution >= 4 is 17.5 Å². The first-order chi connectivity index (χ1) is 10.8. The largest absolute Gasteiger partial charge is 0.471 e. The van der Waals surface area contributed by atoms with Gasteiger partial charge in [0.15, 0.2) is 5.82 Å². The van der Waals surface area contributed by atoms with E-state index in [0.717, 1.165) is 0 Å². The number of aromatic nitrogens is 2. The minimum absolute atomic E-state index is 0.125. The maximum Gasteiger partial charge on any atom is 0.471 e. The fourth-order valence-corrected chi connectivity index (χ4v) is 1.72. The van der Waals surface area contributed by atoms with Crippen LogP contribution in [0.25, 0.3) is 0 Å². The number of para-hydroxylation sites is 1. The van der Waals surface area contributed by atoms with E-state index in [2.05, 4.69) is 20.0 Å². The van der Waals surface area contributed by atoms with Crippen molar-refractivity contribution in [3.05, 3.63) is 41.5 Å². The highest BCUT2D eigenvalue weighted by molar-refractivity contribution is 6.02. The first-order valence-electron chi connectivity index (χ1n) is 6.36. The molecule has 0 aliphatic carbocycles. The van der Waals surface area contributed by atoms with Crippen LogP contribution in [0.15, 0.2) is 28.8 Å². The first-order valence-corrected chi connectivity index (χ1v) is 6.36. The molecule has 0 aliphatic heterocycles. The molecule has 122 valence electrons. The number of carbonyl (C=O) groups excluding carboxylic acids is 2. The third kappa shape index (κ3) is 4.28. The summed E-state index contributed by atoms with van der Waals surface area (Å²) in [5, 5.41) is 5.60. The average Bonchev–Trinajstić information content (AvgIpc) is 2.94. The highest BCUT2D eigenvalue weighted by atomic mass is 19.4. The number of rotatable bonds is 5. The number of primary amides is 1. The molecule has 0 saturated carbocycles. The van der Waals surface area contributed by atoms with E-state index in [1.807, 2.05) is 0 Å². The second-order valence-electron chi connectivity index (χ2n) is 4.47. The molecule has 0 unspecified atom stereocenters. The van der Waals surface area contributed by atoms with Crippen molar-refractivity contribution < 1.29 is 27.3 Å². The van der Waals surface area contributed by atoms with Gasteiger partial charge in [-0.25, -0.2) is 0 Å².